The Morgan fingerprint density at radius 3 is 2.89 bits per heavy atom. The molecule has 0 saturated carbocycles. The van der Waals surface area contributed by atoms with Crippen molar-refractivity contribution in [2.45, 2.75) is 18.2 Å². The maximum atomic E-state index is 12.2. The molecule has 2 aromatic rings. The van der Waals surface area contributed by atoms with E-state index >= 15 is 0 Å². The summed E-state index contributed by atoms with van der Waals surface area (Å²) in [5, 5.41) is 6.49. The predicted octanol–water partition coefficient (Wildman–Crippen LogP) is 1.69. The summed E-state index contributed by atoms with van der Waals surface area (Å²) in [6.45, 7) is 2.63. The highest BCUT2D eigenvalue weighted by atomic mass is 32.2. The number of nitrogens with one attached hydrogen (secondary N) is 2. The van der Waals surface area contributed by atoms with E-state index in [9.17, 15) is 8.42 Å². The molecular weight excluding hydrogens is 268 g/mol. The van der Waals surface area contributed by atoms with E-state index in [0.717, 1.165) is 6.42 Å². The monoisotopic (exact) mass is 282 g/mol. The Kier molecular flexibility index (Phi) is 4.00. The highest BCUT2D eigenvalue weighted by Crippen LogP contribution is 2.20. The molecule has 8 heteroatoms. The van der Waals surface area contributed by atoms with Crippen molar-refractivity contribution in [3.63, 3.8) is 0 Å². The largest absolute Gasteiger partial charge is 0.369 e. The highest BCUT2D eigenvalue weighted by Gasteiger charge is 2.20. The number of nitrogens with zero attached hydrogens (tertiary/aromatic N) is 2. The number of hydrogen-bond acceptors (Lipinski definition) is 6. The normalized spacial score (nSPS) is 11.2. The van der Waals surface area contributed by atoms with Crippen LogP contribution in [0.25, 0.3) is 0 Å². The fourth-order valence-electron chi connectivity index (χ4n) is 1.44. The molecule has 2 N–H and O–H groups in total. The van der Waals surface area contributed by atoms with Gasteiger partial charge < -0.3 is 9.84 Å². The van der Waals surface area contributed by atoms with Gasteiger partial charge in [-0.05, 0) is 18.6 Å². The third-order valence-electron chi connectivity index (χ3n) is 2.28. The number of hydrogen-bond donors (Lipinski definition) is 2. The molecule has 0 unspecified atom stereocenters. The molecule has 2 aromatic heterocycles. The van der Waals surface area contributed by atoms with E-state index < -0.39 is 10.0 Å². The molecule has 19 heavy (non-hydrogen) atoms. The lowest BCUT2D eigenvalue weighted by atomic mass is 10.4. The summed E-state index contributed by atoms with van der Waals surface area (Å²) >= 11 is 0. The lowest BCUT2D eigenvalue weighted by Gasteiger charge is -2.10. The van der Waals surface area contributed by atoms with Crippen LogP contribution in [0.1, 0.15) is 13.3 Å². The van der Waals surface area contributed by atoms with Crippen LogP contribution in [0.3, 0.4) is 0 Å². The van der Waals surface area contributed by atoms with Gasteiger partial charge in [-0.25, -0.2) is 13.4 Å². The van der Waals surface area contributed by atoms with Gasteiger partial charge in [-0.3, -0.25) is 4.72 Å². The molecule has 0 amide bonds. The molecule has 0 aliphatic rings. The summed E-state index contributed by atoms with van der Waals surface area (Å²) < 4.78 is 31.3. The van der Waals surface area contributed by atoms with Crippen LogP contribution < -0.4 is 10.0 Å². The minimum Gasteiger partial charge on any atom is -0.369 e. The Morgan fingerprint density at radius 2 is 2.21 bits per heavy atom. The molecule has 0 spiro atoms. The Balaban J connectivity index is 2.29. The third-order valence-corrected chi connectivity index (χ3v) is 3.67. The van der Waals surface area contributed by atoms with E-state index in [0.29, 0.717) is 12.4 Å². The fraction of sp³-hybridized carbons (Fsp3) is 0.273. The van der Waals surface area contributed by atoms with E-state index in [2.05, 4.69) is 24.7 Å². The molecule has 0 fully saturated rings. The summed E-state index contributed by atoms with van der Waals surface area (Å²) in [4.78, 5) is 4.11. The van der Waals surface area contributed by atoms with Gasteiger partial charge in [0.2, 0.25) is 0 Å². The van der Waals surface area contributed by atoms with Crippen LogP contribution in [0.2, 0.25) is 0 Å². The molecule has 0 aromatic carbocycles. The van der Waals surface area contributed by atoms with Gasteiger partial charge in [-0.15, -0.1) is 0 Å². The van der Waals surface area contributed by atoms with Crippen molar-refractivity contribution >= 4 is 21.7 Å². The molecule has 0 aliphatic carbocycles. The van der Waals surface area contributed by atoms with Gasteiger partial charge in [-0.1, -0.05) is 12.1 Å². The lowest BCUT2D eigenvalue weighted by Crippen LogP contribution is -2.16. The van der Waals surface area contributed by atoms with Crippen LogP contribution in [0.15, 0.2) is 40.1 Å². The zero-order valence-corrected chi connectivity index (χ0v) is 11.1. The standard InChI is InChI=1S/C11H14N4O3S/c1-2-6-12-11-9(4-3-7-13-11)19(16,17)15-10-5-8-18-14-10/h3-5,7-8H,2,6H2,1H3,(H,12,13)(H,14,15). The van der Waals surface area contributed by atoms with Crippen molar-refractivity contribution in [3.8, 4) is 0 Å². The van der Waals surface area contributed by atoms with Crippen molar-refractivity contribution in [1.82, 2.24) is 10.1 Å². The van der Waals surface area contributed by atoms with E-state index in [4.69, 9.17) is 0 Å². The van der Waals surface area contributed by atoms with Gasteiger partial charge in [-0.2, -0.15) is 0 Å². The number of sulfonamides is 1. The van der Waals surface area contributed by atoms with Crippen molar-refractivity contribution in [2.24, 2.45) is 0 Å². The molecule has 0 atom stereocenters. The number of rotatable bonds is 6. The predicted molar refractivity (Wildman–Crippen MR) is 70.3 cm³/mol. The smallest absolute Gasteiger partial charge is 0.266 e. The molecule has 0 bridgehead atoms. The van der Waals surface area contributed by atoms with Crippen LogP contribution in [0.4, 0.5) is 11.6 Å². The van der Waals surface area contributed by atoms with E-state index in [-0.39, 0.29) is 10.7 Å². The molecule has 0 radical (unpaired) electrons. The van der Waals surface area contributed by atoms with Crippen molar-refractivity contribution in [1.29, 1.82) is 0 Å². The maximum absolute atomic E-state index is 12.2. The summed E-state index contributed by atoms with van der Waals surface area (Å²) in [7, 11) is -3.74. The van der Waals surface area contributed by atoms with Gasteiger partial charge in [0.1, 0.15) is 17.0 Å². The fourth-order valence-corrected chi connectivity index (χ4v) is 2.57. The summed E-state index contributed by atoms with van der Waals surface area (Å²) in [6, 6.07) is 4.47. The molecule has 0 saturated heterocycles. The second-order valence-electron chi connectivity index (χ2n) is 3.77. The van der Waals surface area contributed by atoms with Gasteiger partial charge in [0.15, 0.2) is 5.82 Å². The minimum atomic E-state index is -3.74. The van der Waals surface area contributed by atoms with E-state index in [1.54, 1.807) is 6.07 Å². The zero-order chi connectivity index (χ0) is 13.7. The van der Waals surface area contributed by atoms with Crippen molar-refractivity contribution in [2.75, 3.05) is 16.6 Å². The Morgan fingerprint density at radius 1 is 1.37 bits per heavy atom. The first-order chi connectivity index (χ1) is 9.13. The second-order valence-corrected chi connectivity index (χ2v) is 5.42. The highest BCUT2D eigenvalue weighted by molar-refractivity contribution is 7.92. The number of aromatic nitrogens is 2. The van der Waals surface area contributed by atoms with Crippen LogP contribution in [0.5, 0.6) is 0 Å². The first-order valence-electron chi connectivity index (χ1n) is 5.75. The van der Waals surface area contributed by atoms with Crippen LogP contribution in [-0.2, 0) is 10.0 Å². The average Bonchev–Trinajstić information content (AvgIpc) is 2.88. The molecule has 2 rings (SSSR count). The molecular formula is C11H14N4O3S. The van der Waals surface area contributed by atoms with Crippen LogP contribution in [-0.4, -0.2) is 25.1 Å². The van der Waals surface area contributed by atoms with Crippen molar-refractivity contribution < 1.29 is 12.9 Å². The molecule has 0 aliphatic heterocycles. The van der Waals surface area contributed by atoms with Gasteiger partial charge in [0.25, 0.3) is 10.0 Å². The van der Waals surface area contributed by atoms with E-state index in [1.165, 1.54) is 24.6 Å². The summed E-state index contributed by atoms with van der Waals surface area (Å²) in [6.07, 6.45) is 3.69. The average molecular weight is 282 g/mol. The molecule has 102 valence electrons. The van der Waals surface area contributed by atoms with Gasteiger partial charge >= 0.3 is 0 Å². The SMILES string of the molecule is CCCNc1ncccc1S(=O)(=O)Nc1ccon1. The maximum Gasteiger partial charge on any atom is 0.266 e. The Labute approximate surface area is 111 Å². The van der Waals surface area contributed by atoms with Crippen LogP contribution in [0, 0.1) is 0 Å². The molecule has 2 heterocycles. The Bertz CT molecular complexity index is 625. The minimum absolute atomic E-state index is 0.0754. The zero-order valence-electron chi connectivity index (χ0n) is 10.3. The quantitative estimate of drug-likeness (QED) is 0.836. The Hall–Kier alpha value is -2.09. The molecule has 7 nitrogen and oxygen atoms in total. The second kappa shape index (κ2) is 5.70. The lowest BCUT2D eigenvalue weighted by molar-refractivity contribution is 0.423. The summed E-state index contributed by atoms with van der Waals surface area (Å²) in [5.41, 5.74) is 0. The van der Waals surface area contributed by atoms with Crippen LogP contribution >= 0.6 is 0 Å². The van der Waals surface area contributed by atoms with Crippen molar-refractivity contribution in [3.05, 3.63) is 30.7 Å². The topological polar surface area (TPSA) is 97.1 Å². The van der Waals surface area contributed by atoms with Gasteiger partial charge in [0.05, 0.1) is 0 Å². The third kappa shape index (κ3) is 3.22. The first kappa shape index (κ1) is 13.3. The first-order valence-corrected chi connectivity index (χ1v) is 7.24. The number of anilines is 2. The van der Waals surface area contributed by atoms with E-state index in [1.807, 2.05) is 6.92 Å². The number of pyridine rings is 1. The summed E-state index contributed by atoms with van der Waals surface area (Å²) in [5.74, 6) is 0.450. The van der Waals surface area contributed by atoms with Gasteiger partial charge in [0, 0.05) is 18.8 Å².